The predicted molar refractivity (Wildman–Crippen MR) is 84.3 cm³/mol. The Kier molecular flexibility index (Phi) is 4.68. The first-order chi connectivity index (χ1) is 9.83. The van der Waals surface area contributed by atoms with Crippen LogP contribution in [0.3, 0.4) is 0 Å². The second-order valence-corrected chi connectivity index (χ2v) is 7.02. The van der Waals surface area contributed by atoms with E-state index in [4.69, 9.17) is 0 Å². The molecule has 1 aliphatic heterocycles. The molecule has 5 nitrogen and oxygen atoms in total. The van der Waals surface area contributed by atoms with Gasteiger partial charge in [-0.3, -0.25) is 14.6 Å². The van der Waals surface area contributed by atoms with E-state index in [9.17, 15) is 9.59 Å². The van der Waals surface area contributed by atoms with Crippen LogP contribution >= 0.6 is 11.3 Å². The quantitative estimate of drug-likeness (QED) is 0.821. The number of imide groups is 1. The van der Waals surface area contributed by atoms with Crippen molar-refractivity contribution in [3.63, 3.8) is 0 Å². The molecule has 1 saturated heterocycles. The van der Waals surface area contributed by atoms with E-state index >= 15 is 0 Å². The molecule has 0 radical (unpaired) electrons. The van der Waals surface area contributed by atoms with Gasteiger partial charge in [0.2, 0.25) is 0 Å². The summed E-state index contributed by atoms with van der Waals surface area (Å²) in [5.74, 6) is -0.138. The van der Waals surface area contributed by atoms with Crippen molar-refractivity contribution < 1.29 is 9.59 Å². The topological polar surface area (TPSA) is 52.6 Å². The molecule has 1 aromatic rings. The molecule has 2 rings (SSSR count). The summed E-state index contributed by atoms with van der Waals surface area (Å²) in [6, 6.07) is 4.26. The van der Waals surface area contributed by atoms with Crippen molar-refractivity contribution in [2.75, 3.05) is 20.1 Å². The standard InChI is InChI=1S/C15H23N3O2S/c1-11(12-7-5-10-21-12)17(4)8-6-9-18-13(19)15(2,3)16-14(18)20/h5,7,10-11H,6,8-9H2,1-4H3,(H,16,20)/t11-/m1/s1. The normalized spacial score (nSPS) is 19.2. The Hall–Kier alpha value is -1.40. The Morgan fingerprint density at radius 2 is 2.14 bits per heavy atom. The number of carbonyl (C=O) groups is 2. The molecular weight excluding hydrogens is 286 g/mol. The number of nitrogens with one attached hydrogen (secondary N) is 1. The molecule has 6 heteroatoms. The summed E-state index contributed by atoms with van der Waals surface area (Å²) in [6.45, 7) is 6.95. The largest absolute Gasteiger partial charge is 0.325 e. The van der Waals surface area contributed by atoms with E-state index in [2.05, 4.69) is 41.7 Å². The number of amides is 3. The van der Waals surface area contributed by atoms with Crippen molar-refractivity contribution >= 4 is 23.3 Å². The van der Waals surface area contributed by atoms with Crippen LogP contribution in [0, 0.1) is 0 Å². The lowest BCUT2D eigenvalue weighted by Gasteiger charge is -2.24. The lowest BCUT2D eigenvalue weighted by molar-refractivity contribution is -0.130. The molecule has 1 aromatic heterocycles. The van der Waals surface area contributed by atoms with Crippen molar-refractivity contribution in [2.24, 2.45) is 0 Å². The number of hydrogen-bond acceptors (Lipinski definition) is 4. The van der Waals surface area contributed by atoms with Crippen molar-refractivity contribution in [1.82, 2.24) is 15.1 Å². The van der Waals surface area contributed by atoms with E-state index in [1.165, 1.54) is 9.78 Å². The number of nitrogens with zero attached hydrogens (tertiary/aromatic N) is 2. The first-order valence-electron chi connectivity index (χ1n) is 7.20. The molecule has 0 aromatic carbocycles. The summed E-state index contributed by atoms with van der Waals surface area (Å²) >= 11 is 1.75. The van der Waals surface area contributed by atoms with Crippen LogP contribution in [0.2, 0.25) is 0 Å². The molecule has 0 saturated carbocycles. The zero-order chi connectivity index (χ0) is 15.6. The van der Waals surface area contributed by atoms with Gasteiger partial charge in [-0.2, -0.15) is 0 Å². The highest BCUT2D eigenvalue weighted by molar-refractivity contribution is 7.10. The molecule has 0 aliphatic carbocycles. The third kappa shape index (κ3) is 3.44. The molecule has 0 bridgehead atoms. The van der Waals surface area contributed by atoms with Gasteiger partial charge in [-0.25, -0.2) is 4.79 Å². The van der Waals surface area contributed by atoms with E-state index in [-0.39, 0.29) is 11.9 Å². The van der Waals surface area contributed by atoms with Crippen LogP contribution in [-0.4, -0.2) is 47.4 Å². The number of urea groups is 1. The summed E-state index contributed by atoms with van der Waals surface area (Å²) in [5, 5.41) is 4.78. The maximum Gasteiger partial charge on any atom is 0.325 e. The molecule has 1 fully saturated rings. The maximum atomic E-state index is 12.1. The Labute approximate surface area is 129 Å². The first-order valence-corrected chi connectivity index (χ1v) is 8.08. The molecule has 3 amide bonds. The fraction of sp³-hybridized carbons (Fsp3) is 0.600. The second kappa shape index (κ2) is 6.15. The fourth-order valence-corrected chi connectivity index (χ4v) is 3.29. The van der Waals surface area contributed by atoms with Gasteiger partial charge in [-0.05, 0) is 45.7 Å². The average molecular weight is 309 g/mol. The molecule has 1 N–H and O–H groups in total. The number of thiophene rings is 1. The first kappa shape index (κ1) is 16.0. The van der Waals surface area contributed by atoms with Crippen molar-refractivity contribution in [3.05, 3.63) is 22.4 Å². The molecular formula is C15H23N3O2S. The highest BCUT2D eigenvalue weighted by atomic mass is 32.1. The van der Waals surface area contributed by atoms with Crippen molar-refractivity contribution in [1.29, 1.82) is 0 Å². The average Bonchev–Trinajstić information content (AvgIpc) is 3.00. The molecule has 2 heterocycles. The zero-order valence-corrected chi connectivity index (χ0v) is 13.9. The van der Waals surface area contributed by atoms with Gasteiger partial charge in [0, 0.05) is 24.0 Å². The lowest BCUT2D eigenvalue weighted by atomic mass is 10.1. The summed E-state index contributed by atoms with van der Waals surface area (Å²) in [6.07, 6.45) is 0.779. The van der Waals surface area contributed by atoms with E-state index < -0.39 is 5.54 Å². The van der Waals surface area contributed by atoms with Crippen molar-refractivity contribution in [2.45, 2.75) is 38.8 Å². The van der Waals surface area contributed by atoms with Crippen LogP contribution < -0.4 is 5.32 Å². The minimum absolute atomic E-state index is 0.138. The molecule has 0 unspecified atom stereocenters. The molecule has 21 heavy (non-hydrogen) atoms. The molecule has 1 aliphatic rings. The van der Waals surface area contributed by atoms with E-state index in [0.717, 1.165) is 13.0 Å². The monoisotopic (exact) mass is 309 g/mol. The van der Waals surface area contributed by atoms with E-state index in [1.54, 1.807) is 25.2 Å². The lowest BCUT2D eigenvalue weighted by Crippen LogP contribution is -2.40. The molecule has 116 valence electrons. The Morgan fingerprint density at radius 1 is 1.43 bits per heavy atom. The van der Waals surface area contributed by atoms with E-state index in [0.29, 0.717) is 12.6 Å². The van der Waals surface area contributed by atoms with Gasteiger partial charge < -0.3 is 5.32 Å². The van der Waals surface area contributed by atoms with Crippen LogP contribution in [0.4, 0.5) is 4.79 Å². The summed E-state index contributed by atoms with van der Waals surface area (Å²) in [4.78, 5) is 28.7. The Morgan fingerprint density at radius 3 is 2.67 bits per heavy atom. The summed E-state index contributed by atoms with van der Waals surface area (Å²) < 4.78 is 0. The summed E-state index contributed by atoms with van der Waals surface area (Å²) in [5.41, 5.74) is -0.771. The van der Waals surface area contributed by atoms with Crippen LogP contribution in [0.25, 0.3) is 0 Å². The third-order valence-corrected chi connectivity index (χ3v) is 5.00. The van der Waals surface area contributed by atoms with Crippen molar-refractivity contribution in [3.8, 4) is 0 Å². The smallest absolute Gasteiger partial charge is 0.324 e. The van der Waals surface area contributed by atoms with Gasteiger partial charge in [0.15, 0.2) is 0 Å². The highest BCUT2D eigenvalue weighted by Crippen LogP contribution is 2.23. The van der Waals surface area contributed by atoms with Gasteiger partial charge in [0.1, 0.15) is 5.54 Å². The third-order valence-electron chi connectivity index (χ3n) is 3.95. The van der Waals surface area contributed by atoms with Gasteiger partial charge in [-0.15, -0.1) is 11.3 Å². The maximum absolute atomic E-state index is 12.1. The van der Waals surface area contributed by atoms with Crippen LogP contribution in [-0.2, 0) is 4.79 Å². The van der Waals surface area contributed by atoms with Crippen LogP contribution in [0.5, 0.6) is 0 Å². The summed E-state index contributed by atoms with van der Waals surface area (Å²) in [7, 11) is 2.07. The Bertz CT molecular complexity index is 513. The van der Waals surface area contributed by atoms with Gasteiger partial charge in [0.05, 0.1) is 0 Å². The van der Waals surface area contributed by atoms with E-state index in [1.807, 2.05) is 0 Å². The number of carbonyl (C=O) groups excluding carboxylic acids is 2. The number of rotatable bonds is 6. The van der Waals surface area contributed by atoms with Gasteiger partial charge in [0.25, 0.3) is 5.91 Å². The fourth-order valence-electron chi connectivity index (χ4n) is 2.44. The van der Waals surface area contributed by atoms with Crippen LogP contribution in [0.1, 0.15) is 38.1 Å². The Balaban J connectivity index is 1.82. The number of hydrogen-bond donors (Lipinski definition) is 1. The predicted octanol–water partition coefficient (Wildman–Crippen LogP) is 2.46. The SMILES string of the molecule is C[C@H](c1cccs1)N(C)CCCN1C(=O)NC(C)(C)C1=O. The molecule has 0 spiro atoms. The zero-order valence-electron chi connectivity index (χ0n) is 13.0. The molecule has 1 atom stereocenters. The minimum atomic E-state index is -0.771. The highest BCUT2D eigenvalue weighted by Gasteiger charge is 2.43. The van der Waals surface area contributed by atoms with Gasteiger partial charge >= 0.3 is 6.03 Å². The second-order valence-electron chi connectivity index (χ2n) is 6.04. The van der Waals surface area contributed by atoms with Gasteiger partial charge in [-0.1, -0.05) is 6.07 Å². The minimum Gasteiger partial charge on any atom is -0.324 e. The van der Waals surface area contributed by atoms with Crippen LogP contribution in [0.15, 0.2) is 17.5 Å².